The van der Waals surface area contributed by atoms with Gasteiger partial charge >= 0.3 is 5.97 Å². The number of carbonyl (C=O) groups excluding carboxylic acids is 2. The van der Waals surface area contributed by atoms with Gasteiger partial charge in [0, 0.05) is 6.04 Å². The van der Waals surface area contributed by atoms with Crippen molar-refractivity contribution < 1.29 is 14.3 Å². The molecular formula is C14H26N2O3. The molecule has 0 radical (unpaired) electrons. The van der Waals surface area contributed by atoms with E-state index in [1.54, 1.807) is 6.92 Å². The fourth-order valence-electron chi connectivity index (χ4n) is 2.84. The first-order chi connectivity index (χ1) is 9.10. The van der Waals surface area contributed by atoms with Gasteiger partial charge in [-0.15, -0.1) is 0 Å². The molecule has 110 valence electrons. The average molecular weight is 270 g/mol. The van der Waals surface area contributed by atoms with Gasteiger partial charge in [-0.05, 0) is 26.2 Å². The van der Waals surface area contributed by atoms with Crippen molar-refractivity contribution >= 4 is 11.9 Å². The quantitative estimate of drug-likeness (QED) is 0.678. The van der Waals surface area contributed by atoms with E-state index in [9.17, 15) is 9.59 Å². The molecule has 0 saturated heterocycles. The van der Waals surface area contributed by atoms with E-state index in [0.717, 1.165) is 32.1 Å². The largest absolute Gasteiger partial charge is 0.465 e. The van der Waals surface area contributed by atoms with Crippen molar-refractivity contribution in [2.75, 3.05) is 13.2 Å². The van der Waals surface area contributed by atoms with E-state index < -0.39 is 0 Å². The van der Waals surface area contributed by atoms with Gasteiger partial charge in [-0.3, -0.25) is 14.5 Å². The molecule has 1 aliphatic carbocycles. The number of amides is 1. The second-order valence-corrected chi connectivity index (χ2v) is 5.13. The molecule has 5 nitrogen and oxygen atoms in total. The summed E-state index contributed by atoms with van der Waals surface area (Å²) in [5.74, 6) is -0.602. The van der Waals surface area contributed by atoms with Crippen LogP contribution in [0.15, 0.2) is 0 Å². The zero-order valence-electron chi connectivity index (χ0n) is 12.1. The summed E-state index contributed by atoms with van der Waals surface area (Å²) >= 11 is 0. The molecule has 0 bridgehead atoms. The Morgan fingerprint density at radius 1 is 1.32 bits per heavy atom. The summed E-state index contributed by atoms with van der Waals surface area (Å²) in [5, 5.41) is 0. The molecule has 0 spiro atoms. The molecule has 0 aromatic carbocycles. The monoisotopic (exact) mass is 270 g/mol. The van der Waals surface area contributed by atoms with Crippen LogP contribution in [-0.2, 0) is 14.3 Å². The number of hydrogen-bond donors (Lipinski definition) is 1. The molecule has 1 rings (SSSR count). The molecule has 0 aromatic heterocycles. The zero-order valence-corrected chi connectivity index (χ0v) is 12.1. The molecule has 1 amide bonds. The Labute approximate surface area is 115 Å². The van der Waals surface area contributed by atoms with E-state index in [0.29, 0.717) is 13.0 Å². The van der Waals surface area contributed by atoms with Crippen molar-refractivity contribution in [2.24, 2.45) is 5.73 Å². The maximum absolute atomic E-state index is 12.1. The van der Waals surface area contributed by atoms with Gasteiger partial charge in [0.25, 0.3) is 0 Å². The van der Waals surface area contributed by atoms with Crippen LogP contribution in [0.25, 0.3) is 0 Å². The topological polar surface area (TPSA) is 72.6 Å². The lowest BCUT2D eigenvalue weighted by atomic mass is 10.1. The summed E-state index contributed by atoms with van der Waals surface area (Å²) in [7, 11) is 0. The fourth-order valence-corrected chi connectivity index (χ4v) is 2.84. The molecule has 1 aliphatic rings. The molecule has 1 atom stereocenters. The van der Waals surface area contributed by atoms with Gasteiger partial charge in [0.15, 0.2) is 0 Å². The number of esters is 1. The van der Waals surface area contributed by atoms with E-state index >= 15 is 0 Å². The predicted octanol–water partition coefficient (Wildman–Crippen LogP) is 1.45. The standard InChI is InChI=1S/C14H26N2O3/c1-3-7-12(14(18)19-4-2)16(10-13(15)17)11-8-5-6-9-11/h11-12H,3-10H2,1-2H3,(H2,15,17). The summed E-state index contributed by atoms with van der Waals surface area (Å²) in [5.41, 5.74) is 5.34. The summed E-state index contributed by atoms with van der Waals surface area (Å²) in [6.45, 7) is 4.35. The van der Waals surface area contributed by atoms with Crippen LogP contribution in [0.5, 0.6) is 0 Å². The number of primary amides is 1. The Balaban J connectivity index is 2.81. The van der Waals surface area contributed by atoms with Crippen LogP contribution in [0, 0.1) is 0 Å². The predicted molar refractivity (Wildman–Crippen MR) is 73.5 cm³/mol. The molecule has 0 aliphatic heterocycles. The van der Waals surface area contributed by atoms with Crippen LogP contribution in [0.4, 0.5) is 0 Å². The highest BCUT2D eigenvalue weighted by molar-refractivity contribution is 5.79. The molecule has 1 unspecified atom stereocenters. The van der Waals surface area contributed by atoms with Gasteiger partial charge in [0.2, 0.25) is 5.91 Å². The Morgan fingerprint density at radius 2 is 1.95 bits per heavy atom. The van der Waals surface area contributed by atoms with E-state index in [-0.39, 0.29) is 30.5 Å². The van der Waals surface area contributed by atoms with E-state index in [2.05, 4.69) is 0 Å². The second-order valence-electron chi connectivity index (χ2n) is 5.13. The van der Waals surface area contributed by atoms with Crippen molar-refractivity contribution in [3.63, 3.8) is 0 Å². The van der Waals surface area contributed by atoms with Gasteiger partial charge in [-0.1, -0.05) is 26.2 Å². The van der Waals surface area contributed by atoms with Crippen molar-refractivity contribution in [3.05, 3.63) is 0 Å². The molecule has 19 heavy (non-hydrogen) atoms. The minimum absolute atomic E-state index is 0.147. The zero-order chi connectivity index (χ0) is 14.3. The lowest BCUT2D eigenvalue weighted by Gasteiger charge is -2.33. The Bertz CT molecular complexity index is 301. The number of ether oxygens (including phenoxy) is 1. The minimum atomic E-state index is -0.377. The van der Waals surface area contributed by atoms with Crippen LogP contribution >= 0.6 is 0 Å². The highest BCUT2D eigenvalue weighted by atomic mass is 16.5. The maximum Gasteiger partial charge on any atom is 0.323 e. The third-order valence-corrected chi connectivity index (χ3v) is 3.65. The van der Waals surface area contributed by atoms with Gasteiger partial charge in [0.05, 0.1) is 13.2 Å². The number of nitrogens with zero attached hydrogens (tertiary/aromatic N) is 1. The molecule has 0 heterocycles. The summed E-state index contributed by atoms with van der Waals surface area (Å²) in [6.07, 6.45) is 5.97. The number of hydrogen-bond acceptors (Lipinski definition) is 4. The Kier molecular flexibility index (Phi) is 6.84. The third kappa shape index (κ3) is 4.82. The molecule has 0 aromatic rings. The van der Waals surface area contributed by atoms with E-state index in [1.165, 1.54) is 0 Å². The Hall–Kier alpha value is -1.10. The van der Waals surface area contributed by atoms with Crippen molar-refractivity contribution in [3.8, 4) is 0 Å². The van der Waals surface area contributed by atoms with Crippen molar-refractivity contribution in [1.82, 2.24) is 4.90 Å². The fraction of sp³-hybridized carbons (Fsp3) is 0.857. The number of carbonyl (C=O) groups is 2. The maximum atomic E-state index is 12.1. The van der Waals surface area contributed by atoms with Gasteiger partial charge in [0.1, 0.15) is 6.04 Å². The first kappa shape index (κ1) is 16.0. The van der Waals surface area contributed by atoms with E-state index in [1.807, 2.05) is 11.8 Å². The smallest absolute Gasteiger partial charge is 0.323 e. The summed E-state index contributed by atoms with van der Waals surface area (Å²) in [6, 6.07) is -0.0472. The van der Waals surface area contributed by atoms with Crippen LogP contribution in [-0.4, -0.2) is 42.0 Å². The molecular weight excluding hydrogens is 244 g/mol. The van der Waals surface area contributed by atoms with Crippen molar-refractivity contribution in [2.45, 2.75) is 64.5 Å². The van der Waals surface area contributed by atoms with Gasteiger partial charge in [-0.2, -0.15) is 0 Å². The molecule has 2 N–H and O–H groups in total. The molecule has 1 saturated carbocycles. The van der Waals surface area contributed by atoms with Crippen LogP contribution in [0.1, 0.15) is 52.4 Å². The average Bonchev–Trinajstić information content (AvgIpc) is 2.87. The molecule has 1 fully saturated rings. The minimum Gasteiger partial charge on any atom is -0.465 e. The lowest BCUT2D eigenvalue weighted by molar-refractivity contribution is -0.151. The number of rotatable bonds is 8. The summed E-state index contributed by atoms with van der Waals surface area (Å²) < 4.78 is 5.15. The van der Waals surface area contributed by atoms with Crippen molar-refractivity contribution in [1.29, 1.82) is 0 Å². The van der Waals surface area contributed by atoms with Crippen LogP contribution < -0.4 is 5.73 Å². The highest BCUT2D eigenvalue weighted by Crippen LogP contribution is 2.26. The normalized spacial score (nSPS) is 17.6. The molecule has 5 heteroatoms. The second kappa shape index (κ2) is 8.15. The Morgan fingerprint density at radius 3 is 2.42 bits per heavy atom. The van der Waals surface area contributed by atoms with Gasteiger partial charge < -0.3 is 10.5 Å². The highest BCUT2D eigenvalue weighted by Gasteiger charge is 2.34. The number of nitrogens with two attached hydrogens (primary N) is 1. The SMILES string of the molecule is CCCC(C(=O)OCC)N(CC(N)=O)C1CCCC1. The van der Waals surface area contributed by atoms with Gasteiger partial charge in [-0.25, -0.2) is 0 Å². The third-order valence-electron chi connectivity index (χ3n) is 3.65. The lowest BCUT2D eigenvalue weighted by Crippen LogP contribution is -2.50. The van der Waals surface area contributed by atoms with E-state index in [4.69, 9.17) is 10.5 Å². The first-order valence-corrected chi connectivity index (χ1v) is 7.30. The summed E-state index contributed by atoms with van der Waals surface area (Å²) in [4.78, 5) is 25.3. The van der Waals surface area contributed by atoms with Crippen LogP contribution in [0.2, 0.25) is 0 Å². The first-order valence-electron chi connectivity index (χ1n) is 7.30. The van der Waals surface area contributed by atoms with Crippen LogP contribution in [0.3, 0.4) is 0 Å².